The van der Waals surface area contributed by atoms with Crippen LogP contribution in [0.1, 0.15) is 35.7 Å². The molecule has 1 atom stereocenters. The number of amides is 1. The van der Waals surface area contributed by atoms with Crippen LogP contribution in [0.4, 0.5) is 5.69 Å². The first-order valence-corrected chi connectivity index (χ1v) is 10.6. The van der Waals surface area contributed by atoms with Crippen molar-refractivity contribution in [1.29, 1.82) is 0 Å². The highest BCUT2D eigenvalue weighted by Crippen LogP contribution is 2.21. The Morgan fingerprint density at radius 3 is 2.57 bits per heavy atom. The SMILES string of the molecule is C/C(N)=C(/S)C(=O)NC1CCCN(c2cccc(C=O)c2)C1.Cc1ccc(Cl)cc1. The molecule has 0 aromatic heterocycles. The first-order chi connectivity index (χ1) is 14.3. The van der Waals surface area contributed by atoms with Crippen LogP contribution in [0.2, 0.25) is 5.02 Å². The van der Waals surface area contributed by atoms with Gasteiger partial charge in [-0.2, -0.15) is 0 Å². The Balaban J connectivity index is 0.000000335. The van der Waals surface area contributed by atoms with Crippen molar-refractivity contribution in [1.82, 2.24) is 5.32 Å². The standard InChI is InChI=1S/C16H21N3O2S.C7H7Cl/c1-11(17)15(22)16(21)18-13-5-3-7-19(9-13)14-6-2-4-12(8-14)10-20;1-6-2-4-7(8)5-3-6/h2,4,6,8,10,13,22H,3,5,7,9,17H2,1H3,(H,18,21);2-5H,1H3/b15-11-;. The summed E-state index contributed by atoms with van der Waals surface area (Å²) >= 11 is 9.74. The lowest BCUT2D eigenvalue weighted by atomic mass is 10.0. The predicted octanol–water partition coefficient (Wildman–Crippen LogP) is 4.35. The summed E-state index contributed by atoms with van der Waals surface area (Å²) in [4.78, 5) is 25.3. The van der Waals surface area contributed by atoms with E-state index < -0.39 is 0 Å². The number of carbonyl (C=O) groups is 2. The van der Waals surface area contributed by atoms with Crippen molar-refractivity contribution in [2.24, 2.45) is 5.73 Å². The molecule has 160 valence electrons. The van der Waals surface area contributed by atoms with Gasteiger partial charge in [-0.1, -0.05) is 41.4 Å². The van der Waals surface area contributed by atoms with E-state index in [2.05, 4.69) is 22.8 Å². The van der Waals surface area contributed by atoms with Crippen LogP contribution in [0.15, 0.2) is 59.1 Å². The number of benzene rings is 2. The van der Waals surface area contributed by atoms with E-state index in [1.807, 2.05) is 49.4 Å². The second-order valence-electron chi connectivity index (χ2n) is 7.30. The number of hydrogen-bond acceptors (Lipinski definition) is 5. The maximum Gasteiger partial charge on any atom is 0.259 e. The number of carbonyl (C=O) groups excluding carboxylic acids is 2. The van der Waals surface area contributed by atoms with E-state index in [4.69, 9.17) is 17.3 Å². The first-order valence-electron chi connectivity index (χ1n) is 9.78. The average molecular weight is 446 g/mol. The number of hydrogen-bond donors (Lipinski definition) is 3. The van der Waals surface area contributed by atoms with E-state index in [0.29, 0.717) is 17.8 Å². The molecule has 0 radical (unpaired) electrons. The fourth-order valence-corrected chi connectivity index (χ4v) is 3.28. The van der Waals surface area contributed by atoms with Crippen molar-refractivity contribution >= 4 is 42.1 Å². The molecule has 0 bridgehead atoms. The van der Waals surface area contributed by atoms with E-state index in [0.717, 1.165) is 36.4 Å². The number of halogens is 1. The number of allylic oxidation sites excluding steroid dienone is 1. The number of nitrogens with zero attached hydrogens (tertiary/aromatic N) is 1. The smallest absolute Gasteiger partial charge is 0.259 e. The number of nitrogens with one attached hydrogen (secondary N) is 1. The zero-order valence-corrected chi connectivity index (χ0v) is 18.9. The highest BCUT2D eigenvalue weighted by Gasteiger charge is 2.22. The molecule has 1 heterocycles. The van der Waals surface area contributed by atoms with Gasteiger partial charge in [0.05, 0.1) is 4.91 Å². The number of aldehydes is 1. The minimum Gasteiger partial charge on any atom is -0.401 e. The van der Waals surface area contributed by atoms with Gasteiger partial charge < -0.3 is 16.0 Å². The molecule has 0 spiro atoms. The third kappa shape index (κ3) is 7.43. The summed E-state index contributed by atoms with van der Waals surface area (Å²) in [5, 5.41) is 3.77. The number of aryl methyl sites for hydroxylation is 1. The van der Waals surface area contributed by atoms with E-state index in [1.165, 1.54) is 5.56 Å². The normalized spacial score (nSPS) is 16.7. The molecule has 5 nitrogen and oxygen atoms in total. The molecular formula is C23H28ClN3O2S. The van der Waals surface area contributed by atoms with Crippen LogP contribution < -0.4 is 16.0 Å². The fraction of sp³-hybridized carbons (Fsp3) is 0.304. The van der Waals surface area contributed by atoms with Crippen LogP contribution >= 0.6 is 24.2 Å². The van der Waals surface area contributed by atoms with Gasteiger partial charge >= 0.3 is 0 Å². The minimum absolute atomic E-state index is 0.0441. The topological polar surface area (TPSA) is 75.4 Å². The summed E-state index contributed by atoms with van der Waals surface area (Å²) in [6.07, 6.45) is 2.73. The molecule has 3 rings (SSSR count). The minimum atomic E-state index is -0.239. The van der Waals surface area contributed by atoms with Crippen molar-refractivity contribution in [3.63, 3.8) is 0 Å². The highest BCUT2D eigenvalue weighted by molar-refractivity contribution is 7.85. The Kier molecular flexibility index (Phi) is 9.27. The Bertz CT molecular complexity index is 875. The lowest BCUT2D eigenvalue weighted by Crippen LogP contribution is -2.48. The van der Waals surface area contributed by atoms with Gasteiger partial charge in [-0.3, -0.25) is 9.59 Å². The lowest BCUT2D eigenvalue weighted by molar-refractivity contribution is -0.117. The van der Waals surface area contributed by atoms with Crippen molar-refractivity contribution in [3.05, 3.63) is 75.3 Å². The van der Waals surface area contributed by atoms with Crippen LogP contribution in [0.25, 0.3) is 0 Å². The molecular weight excluding hydrogens is 418 g/mol. The fourth-order valence-electron chi connectivity index (χ4n) is 3.09. The second kappa shape index (κ2) is 11.7. The van der Waals surface area contributed by atoms with E-state index in [-0.39, 0.29) is 16.9 Å². The van der Waals surface area contributed by atoms with Crippen LogP contribution in [0.5, 0.6) is 0 Å². The van der Waals surface area contributed by atoms with Gasteiger partial charge in [-0.15, -0.1) is 12.6 Å². The Morgan fingerprint density at radius 1 is 1.27 bits per heavy atom. The van der Waals surface area contributed by atoms with Crippen molar-refractivity contribution in [2.45, 2.75) is 32.7 Å². The van der Waals surface area contributed by atoms with E-state index in [9.17, 15) is 9.59 Å². The van der Waals surface area contributed by atoms with Gasteiger partial charge in [0.2, 0.25) is 0 Å². The summed E-state index contributed by atoms with van der Waals surface area (Å²) in [6.45, 7) is 5.31. The van der Waals surface area contributed by atoms with Gasteiger partial charge in [0.15, 0.2) is 0 Å². The quantitative estimate of drug-likeness (QED) is 0.371. The van der Waals surface area contributed by atoms with Crippen LogP contribution in [-0.4, -0.2) is 31.3 Å². The Labute approximate surface area is 188 Å². The van der Waals surface area contributed by atoms with Gasteiger partial charge in [0.1, 0.15) is 6.29 Å². The summed E-state index contributed by atoms with van der Waals surface area (Å²) in [5.74, 6) is -0.239. The molecule has 1 aliphatic heterocycles. The van der Waals surface area contributed by atoms with Gasteiger partial charge in [-0.25, -0.2) is 0 Å². The third-order valence-corrected chi connectivity index (χ3v) is 5.54. The number of rotatable bonds is 4. The maximum absolute atomic E-state index is 12.0. The van der Waals surface area contributed by atoms with Gasteiger partial charge in [0.25, 0.3) is 5.91 Å². The zero-order chi connectivity index (χ0) is 22.1. The average Bonchev–Trinajstić information content (AvgIpc) is 2.75. The Morgan fingerprint density at radius 2 is 1.97 bits per heavy atom. The summed E-state index contributed by atoms with van der Waals surface area (Å²) in [5.41, 5.74) is 8.90. The lowest BCUT2D eigenvalue weighted by Gasteiger charge is -2.35. The summed E-state index contributed by atoms with van der Waals surface area (Å²) < 4.78 is 0. The number of anilines is 1. The van der Waals surface area contributed by atoms with E-state index >= 15 is 0 Å². The molecule has 7 heteroatoms. The second-order valence-corrected chi connectivity index (χ2v) is 8.18. The molecule has 1 amide bonds. The largest absolute Gasteiger partial charge is 0.401 e. The predicted molar refractivity (Wildman–Crippen MR) is 127 cm³/mol. The number of nitrogens with two attached hydrogens (primary N) is 1. The Hall–Kier alpha value is -2.44. The molecule has 2 aromatic carbocycles. The molecule has 0 saturated carbocycles. The molecule has 0 aliphatic carbocycles. The van der Waals surface area contributed by atoms with Gasteiger partial charge in [-0.05, 0) is 51.0 Å². The van der Waals surface area contributed by atoms with Crippen molar-refractivity contribution < 1.29 is 9.59 Å². The maximum atomic E-state index is 12.0. The summed E-state index contributed by atoms with van der Waals surface area (Å²) in [7, 11) is 0. The van der Waals surface area contributed by atoms with Crippen molar-refractivity contribution in [2.75, 3.05) is 18.0 Å². The molecule has 1 aliphatic rings. The van der Waals surface area contributed by atoms with Crippen LogP contribution in [0.3, 0.4) is 0 Å². The first kappa shape index (κ1) is 23.8. The van der Waals surface area contributed by atoms with Crippen LogP contribution in [0, 0.1) is 6.92 Å². The van der Waals surface area contributed by atoms with E-state index in [1.54, 1.807) is 13.0 Å². The molecule has 1 unspecified atom stereocenters. The zero-order valence-electron chi connectivity index (χ0n) is 17.3. The number of piperidine rings is 1. The summed E-state index contributed by atoms with van der Waals surface area (Å²) in [6, 6.07) is 15.3. The molecule has 30 heavy (non-hydrogen) atoms. The molecule has 2 aromatic rings. The molecule has 3 N–H and O–H groups in total. The molecule has 1 fully saturated rings. The third-order valence-electron chi connectivity index (χ3n) is 4.73. The highest BCUT2D eigenvalue weighted by atomic mass is 35.5. The van der Waals surface area contributed by atoms with Gasteiger partial charge in [0, 0.05) is 41.1 Å². The monoisotopic (exact) mass is 445 g/mol. The van der Waals surface area contributed by atoms with Crippen molar-refractivity contribution in [3.8, 4) is 0 Å². The number of thiol groups is 1. The molecule has 1 saturated heterocycles. The van der Waals surface area contributed by atoms with Crippen LogP contribution in [-0.2, 0) is 4.79 Å².